The Kier molecular flexibility index (Phi) is 3.71. The summed E-state index contributed by atoms with van der Waals surface area (Å²) in [6.45, 7) is -0.0125. The lowest BCUT2D eigenvalue weighted by molar-refractivity contribution is 0.286. The fourth-order valence-corrected chi connectivity index (χ4v) is 1.38. The normalized spacial score (nSPS) is 10.3. The van der Waals surface area contributed by atoms with Crippen molar-refractivity contribution in [3.8, 4) is 5.88 Å². The van der Waals surface area contributed by atoms with Crippen molar-refractivity contribution in [2.24, 2.45) is 0 Å². The quantitative estimate of drug-likeness (QED) is 0.863. The summed E-state index contributed by atoms with van der Waals surface area (Å²) >= 11 is 11.2. The van der Waals surface area contributed by atoms with Gasteiger partial charge in [0.2, 0.25) is 10.4 Å². The molecule has 2 rings (SSSR count). The van der Waals surface area contributed by atoms with Gasteiger partial charge in [-0.2, -0.15) is 4.98 Å². The highest BCUT2D eigenvalue weighted by Gasteiger charge is 2.09. The maximum Gasteiger partial charge on any atom is 0.257 e. The van der Waals surface area contributed by atoms with Crippen molar-refractivity contribution in [1.82, 2.24) is 15.2 Å². The lowest BCUT2D eigenvalue weighted by atomic mass is 10.2. The largest absolute Gasteiger partial charge is 0.470 e. The van der Waals surface area contributed by atoms with Crippen LogP contribution < -0.4 is 4.74 Å². The molecule has 0 saturated carbocycles. The Bertz CT molecular complexity index is 539. The third-order valence-corrected chi connectivity index (χ3v) is 2.31. The van der Waals surface area contributed by atoms with E-state index in [0.29, 0.717) is 5.56 Å². The topological polar surface area (TPSA) is 47.9 Å². The zero-order chi connectivity index (χ0) is 12.3. The molecular formula is C10H6Cl2FN3O. The van der Waals surface area contributed by atoms with Crippen LogP contribution >= 0.6 is 23.2 Å². The van der Waals surface area contributed by atoms with Crippen molar-refractivity contribution in [3.05, 3.63) is 46.1 Å². The number of hydrogen-bond acceptors (Lipinski definition) is 4. The Labute approximate surface area is 106 Å². The second-order valence-electron chi connectivity index (χ2n) is 3.06. The molecule has 0 N–H and O–H groups in total. The first-order valence-corrected chi connectivity index (χ1v) is 5.34. The van der Waals surface area contributed by atoms with Crippen molar-refractivity contribution < 1.29 is 9.13 Å². The predicted octanol–water partition coefficient (Wildman–Crippen LogP) is 2.90. The van der Waals surface area contributed by atoms with E-state index in [-0.39, 0.29) is 28.7 Å². The molecule has 0 atom stereocenters. The van der Waals surface area contributed by atoms with Crippen LogP contribution in [0.15, 0.2) is 24.3 Å². The molecule has 0 radical (unpaired) electrons. The summed E-state index contributed by atoms with van der Waals surface area (Å²) in [5.41, 5.74) is 0.387. The van der Waals surface area contributed by atoms with E-state index in [1.807, 2.05) is 0 Å². The van der Waals surface area contributed by atoms with Crippen LogP contribution in [0.1, 0.15) is 5.56 Å². The van der Waals surface area contributed by atoms with Gasteiger partial charge in [-0.1, -0.05) is 29.8 Å². The average molecular weight is 274 g/mol. The van der Waals surface area contributed by atoms with Gasteiger partial charge in [-0.25, -0.2) is 4.39 Å². The molecule has 1 aromatic carbocycles. The molecule has 0 saturated heterocycles. The first kappa shape index (κ1) is 12.0. The van der Waals surface area contributed by atoms with Gasteiger partial charge >= 0.3 is 0 Å². The second-order valence-corrected chi connectivity index (χ2v) is 3.75. The zero-order valence-corrected chi connectivity index (χ0v) is 9.91. The fraction of sp³-hybridized carbons (Fsp3) is 0.100. The van der Waals surface area contributed by atoms with Crippen molar-refractivity contribution in [2.45, 2.75) is 6.61 Å². The highest BCUT2D eigenvalue weighted by atomic mass is 35.5. The lowest BCUT2D eigenvalue weighted by Crippen LogP contribution is -2.02. The monoisotopic (exact) mass is 273 g/mol. The van der Waals surface area contributed by atoms with Gasteiger partial charge in [0.05, 0.1) is 0 Å². The van der Waals surface area contributed by atoms with Crippen molar-refractivity contribution >= 4 is 23.2 Å². The van der Waals surface area contributed by atoms with Crippen LogP contribution in [0.3, 0.4) is 0 Å². The molecule has 0 fully saturated rings. The van der Waals surface area contributed by atoms with E-state index >= 15 is 0 Å². The standard InChI is InChI=1S/C10H6Cl2FN3O/c11-8-9(14-10(12)16-15-8)17-5-6-3-1-2-4-7(6)13/h1-4H,5H2. The molecule has 0 amide bonds. The molecule has 4 nitrogen and oxygen atoms in total. The van der Waals surface area contributed by atoms with Crippen LogP contribution in [0.2, 0.25) is 10.4 Å². The summed E-state index contributed by atoms with van der Waals surface area (Å²) in [6, 6.07) is 6.23. The molecule has 17 heavy (non-hydrogen) atoms. The lowest BCUT2D eigenvalue weighted by Gasteiger charge is -2.06. The Balaban J connectivity index is 2.12. The van der Waals surface area contributed by atoms with E-state index in [2.05, 4.69) is 15.2 Å². The number of hydrogen-bond donors (Lipinski definition) is 0. The SMILES string of the molecule is Fc1ccccc1COc1nc(Cl)nnc1Cl. The highest BCUT2D eigenvalue weighted by molar-refractivity contribution is 6.31. The van der Waals surface area contributed by atoms with Crippen LogP contribution in [0.5, 0.6) is 5.88 Å². The van der Waals surface area contributed by atoms with E-state index in [0.717, 1.165) is 0 Å². The molecule has 0 aliphatic rings. The summed E-state index contributed by atoms with van der Waals surface area (Å²) in [7, 11) is 0. The molecule has 1 aromatic heterocycles. The predicted molar refractivity (Wildman–Crippen MR) is 60.6 cm³/mol. The number of benzene rings is 1. The summed E-state index contributed by atoms with van der Waals surface area (Å²) in [5.74, 6) is -0.341. The van der Waals surface area contributed by atoms with Gasteiger partial charge in [0.15, 0.2) is 0 Å². The maximum absolute atomic E-state index is 13.3. The number of ether oxygens (including phenoxy) is 1. The third-order valence-electron chi connectivity index (χ3n) is 1.91. The summed E-state index contributed by atoms with van der Waals surface area (Å²) in [6.07, 6.45) is 0. The van der Waals surface area contributed by atoms with Crippen LogP contribution in [-0.4, -0.2) is 15.2 Å². The summed E-state index contributed by atoms with van der Waals surface area (Å²) < 4.78 is 18.5. The van der Waals surface area contributed by atoms with Crippen molar-refractivity contribution in [3.63, 3.8) is 0 Å². The minimum atomic E-state index is -0.364. The molecule has 0 bridgehead atoms. The number of aromatic nitrogens is 3. The molecule has 0 unspecified atom stereocenters. The van der Waals surface area contributed by atoms with Gasteiger partial charge in [-0.05, 0) is 17.7 Å². The Morgan fingerprint density at radius 3 is 2.71 bits per heavy atom. The van der Waals surface area contributed by atoms with Gasteiger partial charge in [-0.15, -0.1) is 10.2 Å². The highest BCUT2D eigenvalue weighted by Crippen LogP contribution is 2.20. The van der Waals surface area contributed by atoms with Gasteiger partial charge in [-0.3, -0.25) is 0 Å². The minimum Gasteiger partial charge on any atom is -0.470 e. The van der Waals surface area contributed by atoms with Gasteiger partial charge in [0, 0.05) is 5.56 Å². The fourth-order valence-electron chi connectivity index (χ4n) is 1.13. The first-order chi connectivity index (χ1) is 8.16. The number of rotatable bonds is 3. The molecule has 0 spiro atoms. The molecule has 1 heterocycles. The Morgan fingerprint density at radius 1 is 1.18 bits per heavy atom. The van der Waals surface area contributed by atoms with E-state index in [1.54, 1.807) is 18.2 Å². The van der Waals surface area contributed by atoms with Crippen molar-refractivity contribution in [1.29, 1.82) is 0 Å². The van der Waals surface area contributed by atoms with Crippen LogP contribution in [-0.2, 0) is 6.61 Å². The summed E-state index contributed by atoms with van der Waals surface area (Å²) in [5, 5.41) is 6.84. The van der Waals surface area contributed by atoms with E-state index in [1.165, 1.54) is 6.07 Å². The Morgan fingerprint density at radius 2 is 1.94 bits per heavy atom. The molecule has 0 aliphatic heterocycles. The summed E-state index contributed by atoms with van der Waals surface area (Å²) in [4.78, 5) is 3.73. The molecule has 2 aromatic rings. The van der Waals surface area contributed by atoms with Crippen LogP contribution in [0.4, 0.5) is 4.39 Å². The van der Waals surface area contributed by atoms with Crippen molar-refractivity contribution in [2.75, 3.05) is 0 Å². The second kappa shape index (κ2) is 5.25. The molecular weight excluding hydrogens is 268 g/mol. The Hall–Kier alpha value is -1.46. The average Bonchev–Trinajstić information content (AvgIpc) is 2.32. The number of nitrogens with zero attached hydrogens (tertiary/aromatic N) is 3. The minimum absolute atomic E-state index is 0.0125. The first-order valence-electron chi connectivity index (χ1n) is 4.59. The zero-order valence-electron chi connectivity index (χ0n) is 8.40. The molecule has 0 aliphatic carbocycles. The van der Waals surface area contributed by atoms with Crippen LogP contribution in [0.25, 0.3) is 0 Å². The smallest absolute Gasteiger partial charge is 0.257 e. The van der Waals surface area contributed by atoms with Gasteiger partial charge < -0.3 is 4.74 Å². The van der Waals surface area contributed by atoms with Gasteiger partial charge in [0.1, 0.15) is 12.4 Å². The maximum atomic E-state index is 13.3. The molecule has 88 valence electrons. The van der Waals surface area contributed by atoms with E-state index < -0.39 is 0 Å². The van der Waals surface area contributed by atoms with E-state index in [9.17, 15) is 4.39 Å². The number of halogens is 3. The third kappa shape index (κ3) is 3.01. The van der Waals surface area contributed by atoms with E-state index in [4.69, 9.17) is 27.9 Å². The van der Waals surface area contributed by atoms with Crippen LogP contribution in [0, 0.1) is 5.82 Å². The van der Waals surface area contributed by atoms with Gasteiger partial charge in [0.25, 0.3) is 5.88 Å². The molecule has 7 heteroatoms.